The standard InChI is InChI=1S/C22H33N5O.HI/c1-16(2)15-28-20-9-7-19(8-10-20)17(3)26-22(23-4)25-14-18-11-12-24-21(13-18)27(5)6;/h7-13,16-17H,14-15H2,1-6H3,(H2,23,25,26);1H. The molecule has 1 unspecified atom stereocenters. The van der Waals surface area contributed by atoms with Crippen molar-refractivity contribution >= 4 is 35.8 Å². The van der Waals surface area contributed by atoms with Gasteiger partial charge in [0.2, 0.25) is 0 Å². The minimum atomic E-state index is 0. The first kappa shape index (κ1) is 25.0. The number of hydrogen-bond donors (Lipinski definition) is 2. The van der Waals surface area contributed by atoms with E-state index < -0.39 is 0 Å². The molecule has 0 saturated carbocycles. The van der Waals surface area contributed by atoms with Gasteiger partial charge in [0.05, 0.1) is 12.6 Å². The molecular formula is C22H34IN5O. The molecule has 0 aliphatic carbocycles. The number of hydrogen-bond acceptors (Lipinski definition) is 4. The molecule has 1 aromatic carbocycles. The minimum Gasteiger partial charge on any atom is -0.493 e. The number of halogens is 1. The van der Waals surface area contributed by atoms with Gasteiger partial charge in [-0.25, -0.2) is 4.98 Å². The number of aromatic nitrogens is 1. The summed E-state index contributed by atoms with van der Waals surface area (Å²) in [6, 6.07) is 12.4. The molecule has 0 spiro atoms. The highest BCUT2D eigenvalue weighted by Crippen LogP contribution is 2.18. The van der Waals surface area contributed by atoms with Crippen molar-refractivity contribution in [2.75, 3.05) is 32.6 Å². The van der Waals surface area contributed by atoms with Crippen LogP contribution < -0.4 is 20.3 Å². The summed E-state index contributed by atoms with van der Waals surface area (Å²) in [5.74, 6) is 3.12. The molecule has 2 rings (SSSR count). The molecule has 0 bridgehead atoms. The van der Waals surface area contributed by atoms with Crippen LogP contribution in [0.5, 0.6) is 5.75 Å². The molecule has 0 saturated heterocycles. The molecule has 0 radical (unpaired) electrons. The van der Waals surface area contributed by atoms with Gasteiger partial charge in [-0.15, -0.1) is 24.0 Å². The van der Waals surface area contributed by atoms with Crippen molar-refractivity contribution in [2.24, 2.45) is 10.9 Å². The fraction of sp³-hybridized carbons (Fsp3) is 0.455. The highest BCUT2D eigenvalue weighted by molar-refractivity contribution is 14.0. The van der Waals surface area contributed by atoms with Gasteiger partial charge in [-0.3, -0.25) is 4.99 Å². The molecule has 6 nitrogen and oxygen atoms in total. The fourth-order valence-corrected chi connectivity index (χ4v) is 2.60. The van der Waals surface area contributed by atoms with Gasteiger partial charge in [-0.1, -0.05) is 26.0 Å². The maximum absolute atomic E-state index is 5.75. The highest BCUT2D eigenvalue weighted by Gasteiger charge is 2.09. The Morgan fingerprint density at radius 1 is 1.14 bits per heavy atom. The quantitative estimate of drug-likeness (QED) is 0.316. The first-order valence-electron chi connectivity index (χ1n) is 9.71. The van der Waals surface area contributed by atoms with Crippen LogP contribution in [0.15, 0.2) is 47.6 Å². The monoisotopic (exact) mass is 511 g/mol. The van der Waals surface area contributed by atoms with E-state index in [1.807, 2.05) is 43.4 Å². The molecule has 1 heterocycles. The van der Waals surface area contributed by atoms with Crippen LogP contribution in [-0.4, -0.2) is 38.7 Å². The van der Waals surface area contributed by atoms with Crippen LogP contribution in [0.2, 0.25) is 0 Å². The molecule has 1 atom stereocenters. The van der Waals surface area contributed by atoms with Gasteiger partial charge in [0.25, 0.3) is 0 Å². The van der Waals surface area contributed by atoms with Crippen molar-refractivity contribution in [2.45, 2.75) is 33.4 Å². The van der Waals surface area contributed by atoms with Gasteiger partial charge < -0.3 is 20.3 Å². The molecule has 0 aliphatic rings. The summed E-state index contributed by atoms with van der Waals surface area (Å²) < 4.78 is 5.75. The highest BCUT2D eigenvalue weighted by atomic mass is 127. The molecule has 0 amide bonds. The lowest BCUT2D eigenvalue weighted by atomic mass is 10.1. The number of nitrogens with zero attached hydrogens (tertiary/aromatic N) is 3. The Bertz CT molecular complexity index is 762. The van der Waals surface area contributed by atoms with Crippen LogP contribution in [0.4, 0.5) is 5.82 Å². The zero-order chi connectivity index (χ0) is 20.5. The van der Waals surface area contributed by atoms with Gasteiger partial charge >= 0.3 is 0 Å². The van der Waals surface area contributed by atoms with E-state index >= 15 is 0 Å². The normalized spacial score (nSPS) is 12.2. The zero-order valence-electron chi connectivity index (χ0n) is 18.3. The molecule has 0 fully saturated rings. The Kier molecular flexibility index (Phi) is 10.8. The predicted molar refractivity (Wildman–Crippen MR) is 133 cm³/mol. The molecule has 0 aliphatic heterocycles. The second-order valence-electron chi connectivity index (χ2n) is 7.48. The Labute approximate surface area is 192 Å². The molecule has 7 heteroatoms. The van der Waals surface area contributed by atoms with E-state index in [2.05, 4.69) is 59.6 Å². The smallest absolute Gasteiger partial charge is 0.191 e. The predicted octanol–water partition coefficient (Wildman–Crippen LogP) is 4.23. The lowest BCUT2D eigenvalue weighted by Gasteiger charge is -2.19. The zero-order valence-corrected chi connectivity index (χ0v) is 20.6. The number of nitrogens with one attached hydrogen (secondary N) is 2. The number of guanidine groups is 1. The summed E-state index contributed by atoms with van der Waals surface area (Å²) in [5, 5.41) is 6.80. The molecule has 160 valence electrons. The Morgan fingerprint density at radius 2 is 1.83 bits per heavy atom. The van der Waals surface area contributed by atoms with Crippen molar-refractivity contribution in [3.05, 3.63) is 53.7 Å². The van der Waals surface area contributed by atoms with E-state index in [-0.39, 0.29) is 30.0 Å². The van der Waals surface area contributed by atoms with Gasteiger partial charge in [-0.2, -0.15) is 0 Å². The number of aliphatic imine (C=N–C) groups is 1. The largest absolute Gasteiger partial charge is 0.493 e. The molecule has 29 heavy (non-hydrogen) atoms. The van der Waals surface area contributed by atoms with Crippen LogP contribution >= 0.6 is 24.0 Å². The van der Waals surface area contributed by atoms with Gasteiger partial charge in [0, 0.05) is 33.9 Å². The van der Waals surface area contributed by atoms with Crippen LogP contribution in [-0.2, 0) is 6.54 Å². The second kappa shape index (κ2) is 12.5. The van der Waals surface area contributed by atoms with Crippen molar-refractivity contribution in [1.29, 1.82) is 0 Å². The lowest BCUT2D eigenvalue weighted by Crippen LogP contribution is -2.38. The fourth-order valence-electron chi connectivity index (χ4n) is 2.60. The average molecular weight is 511 g/mol. The second-order valence-corrected chi connectivity index (χ2v) is 7.48. The van der Waals surface area contributed by atoms with E-state index in [0.717, 1.165) is 29.7 Å². The van der Waals surface area contributed by atoms with Crippen LogP contribution in [0, 0.1) is 5.92 Å². The summed E-state index contributed by atoms with van der Waals surface area (Å²) in [7, 11) is 5.75. The number of ether oxygens (including phenoxy) is 1. The van der Waals surface area contributed by atoms with Gasteiger partial charge in [0.1, 0.15) is 11.6 Å². The Hall–Kier alpha value is -2.03. The summed E-state index contributed by atoms with van der Waals surface area (Å²) >= 11 is 0. The minimum absolute atomic E-state index is 0. The molecule has 2 aromatic rings. The van der Waals surface area contributed by atoms with Gasteiger partial charge in [-0.05, 0) is 48.2 Å². The average Bonchev–Trinajstić information content (AvgIpc) is 2.69. The first-order chi connectivity index (χ1) is 13.4. The molecule has 1 aromatic heterocycles. The maximum Gasteiger partial charge on any atom is 0.191 e. The number of benzene rings is 1. The number of anilines is 1. The lowest BCUT2D eigenvalue weighted by molar-refractivity contribution is 0.271. The summed E-state index contributed by atoms with van der Waals surface area (Å²) in [6.07, 6.45) is 1.83. The van der Waals surface area contributed by atoms with Crippen molar-refractivity contribution < 1.29 is 4.74 Å². The van der Waals surface area contributed by atoms with E-state index in [1.54, 1.807) is 7.05 Å². The number of rotatable bonds is 8. The van der Waals surface area contributed by atoms with Crippen LogP contribution in [0.1, 0.15) is 37.9 Å². The third kappa shape index (κ3) is 8.47. The summed E-state index contributed by atoms with van der Waals surface area (Å²) in [4.78, 5) is 10.7. The van der Waals surface area contributed by atoms with E-state index in [1.165, 1.54) is 5.56 Å². The molecule has 2 N–H and O–H groups in total. The van der Waals surface area contributed by atoms with Crippen molar-refractivity contribution in [3.8, 4) is 5.75 Å². The van der Waals surface area contributed by atoms with E-state index in [4.69, 9.17) is 4.74 Å². The van der Waals surface area contributed by atoms with Gasteiger partial charge in [0.15, 0.2) is 5.96 Å². The van der Waals surface area contributed by atoms with E-state index in [0.29, 0.717) is 12.5 Å². The Morgan fingerprint density at radius 3 is 2.41 bits per heavy atom. The van der Waals surface area contributed by atoms with Crippen LogP contribution in [0.3, 0.4) is 0 Å². The number of pyridine rings is 1. The third-order valence-electron chi connectivity index (χ3n) is 4.27. The van der Waals surface area contributed by atoms with Crippen molar-refractivity contribution in [3.63, 3.8) is 0 Å². The SMILES string of the molecule is CN=C(NCc1ccnc(N(C)C)c1)NC(C)c1ccc(OCC(C)C)cc1.I. The summed E-state index contributed by atoms with van der Waals surface area (Å²) in [5.41, 5.74) is 2.33. The summed E-state index contributed by atoms with van der Waals surface area (Å²) in [6.45, 7) is 7.82. The molecular weight excluding hydrogens is 477 g/mol. The van der Waals surface area contributed by atoms with Crippen molar-refractivity contribution in [1.82, 2.24) is 15.6 Å². The third-order valence-corrected chi connectivity index (χ3v) is 4.27. The Balaban J connectivity index is 0.00000420. The first-order valence-corrected chi connectivity index (χ1v) is 9.71. The van der Waals surface area contributed by atoms with Crippen LogP contribution in [0.25, 0.3) is 0 Å². The van der Waals surface area contributed by atoms with E-state index in [9.17, 15) is 0 Å². The topological polar surface area (TPSA) is 61.8 Å². The maximum atomic E-state index is 5.75.